The van der Waals surface area contributed by atoms with E-state index in [4.69, 9.17) is 0 Å². The van der Waals surface area contributed by atoms with Crippen LogP contribution in [0.3, 0.4) is 0 Å². The van der Waals surface area contributed by atoms with Crippen molar-refractivity contribution in [1.29, 1.82) is 0 Å². The third-order valence-electron chi connectivity index (χ3n) is 4.13. The molecule has 0 radical (unpaired) electrons. The maximum absolute atomic E-state index is 12.3. The smallest absolute Gasteiger partial charge is 0.272 e. The van der Waals surface area contributed by atoms with Gasteiger partial charge in [0, 0.05) is 39.3 Å². The van der Waals surface area contributed by atoms with Crippen LogP contribution in [0.15, 0.2) is 12.1 Å². The second-order valence-corrected chi connectivity index (χ2v) is 5.54. The standard InChI is InChI=1S/C15H22N4O/c1-12-14(18-10-6-16-7-11-18)5-4-13(17-12)15(20)19-8-2-3-9-19/h4-5,16H,2-3,6-11H2,1H3. The lowest BCUT2D eigenvalue weighted by molar-refractivity contribution is 0.0787. The van der Waals surface area contributed by atoms with Crippen LogP contribution in [0.25, 0.3) is 0 Å². The van der Waals surface area contributed by atoms with E-state index in [1.165, 1.54) is 0 Å². The average molecular weight is 274 g/mol. The number of carbonyl (C=O) groups excluding carboxylic acids is 1. The summed E-state index contributed by atoms with van der Waals surface area (Å²) in [6.45, 7) is 7.77. The molecule has 0 spiro atoms. The molecule has 5 nitrogen and oxygen atoms in total. The van der Waals surface area contributed by atoms with Crippen molar-refractivity contribution in [1.82, 2.24) is 15.2 Å². The zero-order valence-electron chi connectivity index (χ0n) is 12.1. The number of piperazine rings is 1. The quantitative estimate of drug-likeness (QED) is 0.875. The van der Waals surface area contributed by atoms with Crippen molar-refractivity contribution in [2.24, 2.45) is 0 Å². The van der Waals surface area contributed by atoms with Gasteiger partial charge < -0.3 is 15.1 Å². The van der Waals surface area contributed by atoms with Gasteiger partial charge >= 0.3 is 0 Å². The van der Waals surface area contributed by atoms with E-state index in [-0.39, 0.29) is 5.91 Å². The monoisotopic (exact) mass is 274 g/mol. The molecule has 0 unspecified atom stereocenters. The van der Waals surface area contributed by atoms with E-state index in [1.807, 2.05) is 17.9 Å². The number of amides is 1. The number of hydrogen-bond acceptors (Lipinski definition) is 4. The van der Waals surface area contributed by atoms with Gasteiger partial charge in [0.1, 0.15) is 5.69 Å². The highest BCUT2D eigenvalue weighted by Gasteiger charge is 2.22. The molecule has 2 aliphatic rings. The third kappa shape index (κ3) is 2.63. The van der Waals surface area contributed by atoms with Gasteiger partial charge in [-0.3, -0.25) is 4.79 Å². The van der Waals surface area contributed by atoms with Gasteiger partial charge in [-0.1, -0.05) is 0 Å². The van der Waals surface area contributed by atoms with Crippen LogP contribution in [0, 0.1) is 6.92 Å². The molecule has 1 amide bonds. The first-order valence-corrected chi connectivity index (χ1v) is 7.48. The Hall–Kier alpha value is -1.62. The van der Waals surface area contributed by atoms with Gasteiger partial charge in [-0.05, 0) is 31.9 Å². The summed E-state index contributed by atoms with van der Waals surface area (Å²) in [4.78, 5) is 21.1. The summed E-state index contributed by atoms with van der Waals surface area (Å²) in [5.41, 5.74) is 2.70. The zero-order valence-corrected chi connectivity index (χ0v) is 12.1. The number of pyridine rings is 1. The van der Waals surface area contributed by atoms with E-state index in [1.54, 1.807) is 0 Å². The highest BCUT2D eigenvalue weighted by atomic mass is 16.2. The molecular formula is C15H22N4O. The lowest BCUT2D eigenvalue weighted by Gasteiger charge is -2.30. The first-order valence-electron chi connectivity index (χ1n) is 7.48. The van der Waals surface area contributed by atoms with E-state index < -0.39 is 0 Å². The number of likely N-dealkylation sites (tertiary alicyclic amines) is 1. The molecule has 1 N–H and O–H groups in total. The fourth-order valence-electron chi connectivity index (χ4n) is 2.99. The first kappa shape index (κ1) is 13.4. The van der Waals surface area contributed by atoms with Crippen molar-refractivity contribution < 1.29 is 4.79 Å². The van der Waals surface area contributed by atoms with Crippen LogP contribution in [-0.2, 0) is 0 Å². The number of anilines is 1. The van der Waals surface area contributed by atoms with Crippen LogP contribution in [0.5, 0.6) is 0 Å². The van der Waals surface area contributed by atoms with E-state index in [0.717, 1.165) is 63.5 Å². The van der Waals surface area contributed by atoms with E-state index in [2.05, 4.69) is 21.3 Å². The van der Waals surface area contributed by atoms with Crippen LogP contribution in [0.2, 0.25) is 0 Å². The molecule has 1 aromatic heterocycles. The van der Waals surface area contributed by atoms with E-state index in [9.17, 15) is 4.79 Å². The minimum absolute atomic E-state index is 0.0810. The van der Waals surface area contributed by atoms with Gasteiger partial charge in [-0.15, -0.1) is 0 Å². The fraction of sp³-hybridized carbons (Fsp3) is 0.600. The largest absolute Gasteiger partial charge is 0.368 e. The van der Waals surface area contributed by atoms with Crippen LogP contribution in [-0.4, -0.2) is 55.1 Å². The molecule has 0 saturated carbocycles. The Balaban J connectivity index is 1.77. The average Bonchev–Trinajstić information content (AvgIpc) is 3.01. The van der Waals surface area contributed by atoms with Gasteiger partial charge in [0.15, 0.2) is 0 Å². The molecule has 0 aliphatic carbocycles. The van der Waals surface area contributed by atoms with Gasteiger partial charge in [0.05, 0.1) is 11.4 Å². The first-order chi connectivity index (χ1) is 9.75. The lowest BCUT2D eigenvalue weighted by atomic mass is 10.2. The van der Waals surface area contributed by atoms with Crippen molar-refractivity contribution >= 4 is 11.6 Å². The molecule has 3 heterocycles. The Morgan fingerprint density at radius 3 is 2.50 bits per heavy atom. The summed E-state index contributed by atoms with van der Waals surface area (Å²) >= 11 is 0. The molecule has 0 bridgehead atoms. The predicted molar refractivity (Wildman–Crippen MR) is 79.2 cm³/mol. The summed E-state index contributed by atoms with van der Waals surface area (Å²) in [5.74, 6) is 0.0810. The number of rotatable bonds is 2. The second kappa shape index (κ2) is 5.79. The number of aryl methyl sites for hydroxylation is 1. The minimum Gasteiger partial charge on any atom is -0.368 e. The highest BCUT2D eigenvalue weighted by Crippen LogP contribution is 2.20. The molecule has 0 aromatic carbocycles. The normalized spacial score (nSPS) is 19.4. The minimum atomic E-state index is 0.0810. The second-order valence-electron chi connectivity index (χ2n) is 5.54. The van der Waals surface area contributed by atoms with Gasteiger partial charge in [-0.2, -0.15) is 0 Å². The SMILES string of the molecule is Cc1nc(C(=O)N2CCCC2)ccc1N1CCNCC1. The summed E-state index contributed by atoms with van der Waals surface area (Å²) in [6.07, 6.45) is 2.23. The van der Waals surface area contributed by atoms with Crippen LogP contribution in [0.4, 0.5) is 5.69 Å². The summed E-state index contributed by atoms with van der Waals surface area (Å²) in [5, 5.41) is 3.35. The van der Waals surface area contributed by atoms with E-state index >= 15 is 0 Å². The molecular weight excluding hydrogens is 252 g/mol. The summed E-state index contributed by atoms with van der Waals surface area (Å²) < 4.78 is 0. The number of nitrogens with zero attached hydrogens (tertiary/aromatic N) is 3. The molecule has 2 fully saturated rings. The summed E-state index contributed by atoms with van der Waals surface area (Å²) in [6, 6.07) is 3.93. The Bertz CT molecular complexity index is 491. The van der Waals surface area contributed by atoms with Crippen molar-refractivity contribution in [3.8, 4) is 0 Å². The maximum atomic E-state index is 12.3. The Morgan fingerprint density at radius 2 is 1.85 bits per heavy atom. The molecule has 5 heteroatoms. The predicted octanol–water partition coefficient (Wildman–Crippen LogP) is 1.04. The van der Waals surface area contributed by atoms with Gasteiger partial charge in [-0.25, -0.2) is 4.98 Å². The Morgan fingerprint density at radius 1 is 1.15 bits per heavy atom. The third-order valence-corrected chi connectivity index (χ3v) is 4.13. The van der Waals surface area contributed by atoms with Crippen molar-refractivity contribution in [2.75, 3.05) is 44.2 Å². The Kier molecular flexibility index (Phi) is 3.87. The van der Waals surface area contributed by atoms with Crippen LogP contribution < -0.4 is 10.2 Å². The zero-order chi connectivity index (χ0) is 13.9. The fourth-order valence-corrected chi connectivity index (χ4v) is 2.99. The molecule has 2 saturated heterocycles. The number of carbonyl (C=O) groups is 1. The number of nitrogens with one attached hydrogen (secondary N) is 1. The van der Waals surface area contributed by atoms with Gasteiger partial charge in [0.2, 0.25) is 0 Å². The molecule has 2 aliphatic heterocycles. The Labute approximate surface area is 120 Å². The lowest BCUT2D eigenvalue weighted by Crippen LogP contribution is -2.44. The summed E-state index contributed by atoms with van der Waals surface area (Å²) in [7, 11) is 0. The molecule has 3 rings (SSSR count). The van der Waals surface area contributed by atoms with Crippen molar-refractivity contribution in [3.63, 3.8) is 0 Å². The van der Waals surface area contributed by atoms with Crippen molar-refractivity contribution in [2.45, 2.75) is 19.8 Å². The van der Waals surface area contributed by atoms with Crippen LogP contribution in [0.1, 0.15) is 29.0 Å². The highest BCUT2D eigenvalue weighted by molar-refractivity contribution is 5.92. The number of aromatic nitrogens is 1. The van der Waals surface area contributed by atoms with Crippen molar-refractivity contribution in [3.05, 3.63) is 23.5 Å². The molecule has 20 heavy (non-hydrogen) atoms. The van der Waals surface area contributed by atoms with Crippen LogP contribution >= 0.6 is 0 Å². The van der Waals surface area contributed by atoms with Gasteiger partial charge in [0.25, 0.3) is 5.91 Å². The van der Waals surface area contributed by atoms with E-state index in [0.29, 0.717) is 5.69 Å². The topological polar surface area (TPSA) is 48.5 Å². The number of hydrogen-bond donors (Lipinski definition) is 1. The molecule has 0 atom stereocenters. The molecule has 108 valence electrons. The molecule has 1 aromatic rings. The maximum Gasteiger partial charge on any atom is 0.272 e.